The van der Waals surface area contributed by atoms with Crippen LogP contribution in [-0.2, 0) is 4.74 Å². The number of hydrogen-bond acceptors (Lipinski definition) is 4. The second-order valence-corrected chi connectivity index (χ2v) is 3.69. The molecule has 0 heterocycles. The normalized spacial score (nSPS) is 9.94. The summed E-state index contributed by atoms with van der Waals surface area (Å²) in [7, 11) is 3.34. The Hall–Kier alpha value is -1.71. The van der Waals surface area contributed by atoms with Crippen LogP contribution >= 0.6 is 0 Å². The molecule has 16 heavy (non-hydrogen) atoms. The lowest BCUT2D eigenvalue weighted by atomic mass is 10.1. The minimum Gasteiger partial charge on any atom is -0.465 e. The zero-order valence-electron chi connectivity index (χ0n) is 9.99. The largest absolute Gasteiger partial charge is 0.465 e. The summed E-state index contributed by atoms with van der Waals surface area (Å²) in [6.45, 7) is 3.04. The van der Waals surface area contributed by atoms with Gasteiger partial charge in [-0.3, -0.25) is 0 Å². The summed E-state index contributed by atoms with van der Waals surface area (Å²) in [6.07, 6.45) is 1.05. The number of anilines is 2. The summed E-state index contributed by atoms with van der Waals surface area (Å²) >= 11 is 0. The van der Waals surface area contributed by atoms with Gasteiger partial charge in [-0.15, -0.1) is 0 Å². The highest BCUT2D eigenvalue weighted by Gasteiger charge is 2.09. The molecule has 88 valence electrons. The van der Waals surface area contributed by atoms with Gasteiger partial charge in [0.1, 0.15) is 0 Å². The number of ether oxygens (including phenoxy) is 1. The highest BCUT2D eigenvalue weighted by Crippen LogP contribution is 2.23. The lowest BCUT2D eigenvalue weighted by Gasteiger charge is -2.20. The SMILES string of the molecule is CCCN(C)c1ccc(C(=O)OC)cc1N. The molecule has 1 aromatic rings. The molecule has 0 radical (unpaired) electrons. The fourth-order valence-electron chi connectivity index (χ4n) is 1.60. The van der Waals surface area contributed by atoms with Crippen molar-refractivity contribution in [1.29, 1.82) is 0 Å². The number of methoxy groups -OCH3 is 1. The molecule has 1 aromatic carbocycles. The molecule has 0 amide bonds. The van der Waals surface area contributed by atoms with Crippen molar-refractivity contribution in [1.82, 2.24) is 0 Å². The van der Waals surface area contributed by atoms with Crippen molar-refractivity contribution in [2.75, 3.05) is 31.3 Å². The second kappa shape index (κ2) is 5.39. The van der Waals surface area contributed by atoms with Gasteiger partial charge in [0, 0.05) is 13.6 Å². The van der Waals surface area contributed by atoms with Gasteiger partial charge in [0.25, 0.3) is 0 Å². The van der Waals surface area contributed by atoms with Crippen molar-refractivity contribution in [3.8, 4) is 0 Å². The van der Waals surface area contributed by atoms with Gasteiger partial charge in [-0.25, -0.2) is 4.79 Å². The van der Waals surface area contributed by atoms with Gasteiger partial charge < -0.3 is 15.4 Å². The summed E-state index contributed by atoms with van der Waals surface area (Å²) in [6, 6.07) is 5.22. The van der Waals surface area contributed by atoms with E-state index in [-0.39, 0.29) is 5.97 Å². The van der Waals surface area contributed by atoms with Crippen LogP contribution in [0.2, 0.25) is 0 Å². The van der Waals surface area contributed by atoms with Crippen LogP contribution in [0.3, 0.4) is 0 Å². The van der Waals surface area contributed by atoms with Crippen LogP contribution in [0, 0.1) is 0 Å². The van der Waals surface area contributed by atoms with Gasteiger partial charge in [0.2, 0.25) is 0 Å². The predicted octanol–water partition coefficient (Wildman–Crippen LogP) is 1.90. The first-order chi connectivity index (χ1) is 7.60. The van der Waals surface area contributed by atoms with E-state index in [0.717, 1.165) is 18.7 Å². The van der Waals surface area contributed by atoms with E-state index in [9.17, 15) is 4.79 Å². The Labute approximate surface area is 96.0 Å². The number of nitrogen functional groups attached to an aromatic ring is 1. The summed E-state index contributed by atoms with van der Waals surface area (Å²) < 4.78 is 4.63. The zero-order valence-corrected chi connectivity index (χ0v) is 9.99. The molecule has 0 saturated carbocycles. The maximum atomic E-state index is 11.3. The number of hydrogen-bond donors (Lipinski definition) is 1. The predicted molar refractivity (Wildman–Crippen MR) is 65.8 cm³/mol. The summed E-state index contributed by atoms with van der Waals surface area (Å²) in [5.74, 6) is -0.364. The van der Waals surface area contributed by atoms with Crippen LogP contribution in [0.15, 0.2) is 18.2 Å². The maximum absolute atomic E-state index is 11.3. The van der Waals surface area contributed by atoms with Gasteiger partial charge >= 0.3 is 5.97 Å². The first-order valence-corrected chi connectivity index (χ1v) is 5.29. The second-order valence-electron chi connectivity index (χ2n) is 3.69. The molecule has 0 spiro atoms. The Bertz CT molecular complexity index is 377. The highest BCUT2D eigenvalue weighted by atomic mass is 16.5. The molecular formula is C12H18N2O2. The Kier molecular flexibility index (Phi) is 4.17. The molecule has 4 nitrogen and oxygen atoms in total. The van der Waals surface area contributed by atoms with Crippen molar-refractivity contribution in [3.63, 3.8) is 0 Å². The first kappa shape index (κ1) is 12.4. The summed E-state index contributed by atoms with van der Waals surface area (Å²) in [4.78, 5) is 13.3. The van der Waals surface area contributed by atoms with E-state index < -0.39 is 0 Å². The third kappa shape index (κ3) is 2.66. The first-order valence-electron chi connectivity index (χ1n) is 5.29. The van der Waals surface area contributed by atoms with E-state index in [2.05, 4.69) is 16.6 Å². The van der Waals surface area contributed by atoms with Crippen molar-refractivity contribution in [3.05, 3.63) is 23.8 Å². The topological polar surface area (TPSA) is 55.6 Å². The average molecular weight is 222 g/mol. The smallest absolute Gasteiger partial charge is 0.337 e. The Balaban J connectivity index is 2.95. The third-order valence-electron chi connectivity index (χ3n) is 2.42. The van der Waals surface area contributed by atoms with Crippen LogP contribution in [0.5, 0.6) is 0 Å². The molecular weight excluding hydrogens is 204 g/mol. The van der Waals surface area contributed by atoms with Crippen molar-refractivity contribution < 1.29 is 9.53 Å². The van der Waals surface area contributed by atoms with E-state index in [1.165, 1.54) is 7.11 Å². The fraction of sp³-hybridized carbons (Fsp3) is 0.417. The van der Waals surface area contributed by atoms with Gasteiger partial charge in [0.15, 0.2) is 0 Å². The molecule has 0 aliphatic carbocycles. The molecule has 0 aliphatic heterocycles. The Morgan fingerprint density at radius 3 is 2.69 bits per heavy atom. The van der Waals surface area contributed by atoms with E-state index >= 15 is 0 Å². The van der Waals surface area contributed by atoms with Crippen LogP contribution in [0.4, 0.5) is 11.4 Å². The minimum atomic E-state index is -0.364. The minimum absolute atomic E-state index is 0.364. The van der Waals surface area contributed by atoms with Crippen LogP contribution < -0.4 is 10.6 Å². The monoisotopic (exact) mass is 222 g/mol. The molecule has 4 heteroatoms. The number of carbonyl (C=O) groups is 1. The quantitative estimate of drug-likeness (QED) is 0.624. The summed E-state index contributed by atoms with van der Waals surface area (Å²) in [5.41, 5.74) is 7.91. The molecule has 1 rings (SSSR count). The van der Waals surface area contributed by atoms with Gasteiger partial charge in [-0.2, -0.15) is 0 Å². The van der Waals surface area contributed by atoms with Crippen molar-refractivity contribution in [2.45, 2.75) is 13.3 Å². The molecule has 0 unspecified atom stereocenters. The average Bonchev–Trinajstić information content (AvgIpc) is 2.28. The third-order valence-corrected chi connectivity index (χ3v) is 2.42. The number of benzene rings is 1. The van der Waals surface area contributed by atoms with E-state index in [0.29, 0.717) is 11.3 Å². The van der Waals surface area contributed by atoms with E-state index in [1.807, 2.05) is 13.1 Å². The highest BCUT2D eigenvalue weighted by molar-refractivity contribution is 5.91. The molecule has 0 bridgehead atoms. The Morgan fingerprint density at radius 1 is 1.50 bits per heavy atom. The van der Waals surface area contributed by atoms with E-state index in [4.69, 9.17) is 5.73 Å². The van der Waals surface area contributed by atoms with Crippen LogP contribution in [0.1, 0.15) is 23.7 Å². The lowest BCUT2D eigenvalue weighted by molar-refractivity contribution is 0.0601. The number of carbonyl (C=O) groups excluding carboxylic acids is 1. The molecule has 0 saturated heterocycles. The number of esters is 1. The van der Waals surface area contributed by atoms with Crippen molar-refractivity contribution in [2.24, 2.45) is 0 Å². The summed E-state index contributed by atoms with van der Waals surface area (Å²) in [5, 5.41) is 0. The van der Waals surface area contributed by atoms with Gasteiger partial charge in [-0.05, 0) is 24.6 Å². The number of nitrogens with zero attached hydrogens (tertiary/aromatic N) is 1. The van der Waals surface area contributed by atoms with E-state index in [1.54, 1.807) is 12.1 Å². The number of rotatable bonds is 4. The molecule has 0 aliphatic rings. The standard InChI is InChI=1S/C12H18N2O2/c1-4-7-14(2)11-6-5-9(8-10(11)13)12(15)16-3/h5-6,8H,4,7,13H2,1-3H3. The van der Waals surface area contributed by atoms with Gasteiger partial charge in [0.05, 0.1) is 24.0 Å². The van der Waals surface area contributed by atoms with Gasteiger partial charge in [-0.1, -0.05) is 6.92 Å². The molecule has 0 aromatic heterocycles. The Morgan fingerprint density at radius 2 is 2.19 bits per heavy atom. The van der Waals surface area contributed by atoms with Crippen molar-refractivity contribution >= 4 is 17.3 Å². The fourth-order valence-corrected chi connectivity index (χ4v) is 1.60. The lowest BCUT2D eigenvalue weighted by Crippen LogP contribution is -2.19. The maximum Gasteiger partial charge on any atom is 0.337 e. The van der Waals surface area contributed by atoms with Crippen LogP contribution in [0.25, 0.3) is 0 Å². The molecule has 0 fully saturated rings. The van der Waals surface area contributed by atoms with Crippen LogP contribution in [-0.4, -0.2) is 26.7 Å². The molecule has 2 N–H and O–H groups in total. The zero-order chi connectivity index (χ0) is 12.1. The molecule has 0 atom stereocenters. The number of nitrogens with two attached hydrogens (primary N) is 1.